The first kappa shape index (κ1) is 15.4. The standard InChI is InChI=1S/C14H13ClN4OS2/c1-18(8-11-4-5-12(15)22-11)9-19-14(21)20-13(17-19)10-3-2-6-16-7-10/h2-7H,8-9H2,1H3/p+1. The smallest absolute Gasteiger partial charge is 0.292 e. The van der Waals surface area contributed by atoms with Gasteiger partial charge in [-0.1, -0.05) is 11.6 Å². The number of thiophene rings is 1. The lowest BCUT2D eigenvalue weighted by molar-refractivity contribution is -0.917. The molecular formula is C14H14ClN4OS2+. The zero-order chi connectivity index (χ0) is 15.5. The number of nitrogens with one attached hydrogen (secondary N) is 1. The zero-order valence-electron chi connectivity index (χ0n) is 11.8. The van der Waals surface area contributed by atoms with Gasteiger partial charge in [0.25, 0.3) is 4.84 Å². The predicted octanol–water partition coefficient (Wildman–Crippen LogP) is 2.65. The molecule has 1 N–H and O–H groups in total. The van der Waals surface area contributed by atoms with Gasteiger partial charge in [-0.2, -0.15) is 4.68 Å². The fraction of sp³-hybridized carbons (Fsp3) is 0.214. The third-order valence-corrected chi connectivity index (χ3v) is 4.56. The van der Waals surface area contributed by atoms with Gasteiger partial charge in [-0.3, -0.25) is 4.98 Å². The molecule has 1 unspecified atom stereocenters. The molecule has 0 aliphatic heterocycles. The fourth-order valence-corrected chi connectivity index (χ4v) is 3.45. The lowest BCUT2D eigenvalue weighted by atomic mass is 10.3. The first-order chi connectivity index (χ1) is 10.6. The Morgan fingerprint density at radius 3 is 2.95 bits per heavy atom. The number of aromatic nitrogens is 3. The highest BCUT2D eigenvalue weighted by Gasteiger charge is 2.12. The highest BCUT2D eigenvalue weighted by Crippen LogP contribution is 2.20. The molecule has 114 valence electrons. The summed E-state index contributed by atoms with van der Waals surface area (Å²) in [4.78, 5) is 6.89. The number of rotatable bonds is 5. The molecule has 0 radical (unpaired) electrons. The molecule has 3 heterocycles. The molecule has 1 atom stereocenters. The van der Waals surface area contributed by atoms with E-state index in [2.05, 4.69) is 17.1 Å². The Balaban J connectivity index is 1.73. The molecule has 0 fully saturated rings. The van der Waals surface area contributed by atoms with Crippen molar-refractivity contribution in [1.29, 1.82) is 0 Å². The van der Waals surface area contributed by atoms with E-state index in [-0.39, 0.29) is 0 Å². The first-order valence-corrected chi connectivity index (χ1v) is 8.26. The van der Waals surface area contributed by atoms with Crippen molar-refractivity contribution in [2.24, 2.45) is 0 Å². The second kappa shape index (κ2) is 6.70. The third-order valence-electron chi connectivity index (χ3n) is 3.04. The van der Waals surface area contributed by atoms with Crippen molar-refractivity contribution < 1.29 is 9.32 Å². The van der Waals surface area contributed by atoms with Gasteiger partial charge in [0.2, 0.25) is 5.89 Å². The maximum Gasteiger partial charge on any atom is 0.292 e. The van der Waals surface area contributed by atoms with Gasteiger partial charge in [-0.25, -0.2) is 0 Å². The van der Waals surface area contributed by atoms with Gasteiger partial charge in [0.05, 0.1) is 21.8 Å². The van der Waals surface area contributed by atoms with E-state index < -0.39 is 0 Å². The van der Waals surface area contributed by atoms with Crippen molar-refractivity contribution in [3.05, 3.63) is 50.7 Å². The summed E-state index contributed by atoms with van der Waals surface area (Å²) < 4.78 is 8.05. The first-order valence-electron chi connectivity index (χ1n) is 6.65. The quantitative estimate of drug-likeness (QED) is 0.716. The normalized spacial score (nSPS) is 12.5. The second-order valence-corrected chi connectivity index (χ2v) is 7.06. The highest BCUT2D eigenvalue weighted by atomic mass is 35.5. The highest BCUT2D eigenvalue weighted by molar-refractivity contribution is 7.71. The van der Waals surface area contributed by atoms with E-state index in [1.54, 1.807) is 28.4 Å². The van der Waals surface area contributed by atoms with Gasteiger partial charge < -0.3 is 9.32 Å². The van der Waals surface area contributed by atoms with Crippen LogP contribution in [0.1, 0.15) is 4.88 Å². The second-order valence-electron chi connectivity index (χ2n) is 4.91. The molecule has 0 bridgehead atoms. The summed E-state index contributed by atoms with van der Waals surface area (Å²) in [5.74, 6) is 0.491. The molecule has 22 heavy (non-hydrogen) atoms. The Labute approximate surface area is 141 Å². The number of hydrogen-bond acceptors (Lipinski definition) is 5. The van der Waals surface area contributed by atoms with E-state index in [9.17, 15) is 0 Å². The molecule has 8 heteroatoms. The van der Waals surface area contributed by atoms with Gasteiger partial charge in [0, 0.05) is 12.4 Å². The van der Waals surface area contributed by atoms with Crippen LogP contribution < -0.4 is 4.90 Å². The van der Waals surface area contributed by atoms with Crippen LogP contribution in [0.2, 0.25) is 4.34 Å². The lowest BCUT2D eigenvalue weighted by Gasteiger charge is -2.11. The molecular weight excluding hydrogens is 340 g/mol. The average Bonchev–Trinajstić information content (AvgIpc) is 3.07. The number of halogens is 1. The van der Waals surface area contributed by atoms with Gasteiger partial charge in [-0.15, -0.1) is 16.4 Å². The minimum absolute atomic E-state index is 0.363. The van der Waals surface area contributed by atoms with Crippen molar-refractivity contribution in [3.8, 4) is 11.5 Å². The number of nitrogens with zero attached hydrogens (tertiary/aromatic N) is 3. The van der Waals surface area contributed by atoms with E-state index in [4.69, 9.17) is 28.2 Å². The maximum atomic E-state index is 5.95. The molecule has 0 aromatic carbocycles. The Morgan fingerprint density at radius 1 is 1.41 bits per heavy atom. The molecule has 0 amide bonds. The SMILES string of the molecule is C[NH+](Cc1ccc(Cl)s1)Cn1nc(-c2cccnc2)oc1=S. The van der Waals surface area contributed by atoms with Crippen LogP contribution in [0.3, 0.4) is 0 Å². The van der Waals surface area contributed by atoms with E-state index in [1.807, 2.05) is 24.3 Å². The Morgan fingerprint density at radius 2 is 2.27 bits per heavy atom. The molecule has 0 saturated carbocycles. The van der Waals surface area contributed by atoms with Crippen molar-refractivity contribution in [2.45, 2.75) is 13.2 Å². The van der Waals surface area contributed by atoms with Crippen LogP contribution in [0.5, 0.6) is 0 Å². The molecule has 3 aromatic heterocycles. The van der Waals surface area contributed by atoms with Gasteiger partial charge in [0.15, 0.2) is 6.67 Å². The number of quaternary nitrogens is 1. The summed E-state index contributed by atoms with van der Waals surface area (Å²) in [6.45, 7) is 1.48. The topological polar surface area (TPSA) is 48.3 Å². The summed E-state index contributed by atoms with van der Waals surface area (Å²) in [5, 5.41) is 4.43. The van der Waals surface area contributed by atoms with Crippen molar-refractivity contribution in [3.63, 3.8) is 0 Å². The summed E-state index contributed by atoms with van der Waals surface area (Å²) >= 11 is 12.8. The summed E-state index contributed by atoms with van der Waals surface area (Å²) in [5.41, 5.74) is 0.815. The van der Waals surface area contributed by atoms with Crippen molar-refractivity contribution in [2.75, 3.05) is 7.05 Å². The summed E-state index contributed by atoms with van der Waals surface area (Å²) in [7, 11) is 2.08. The van der Waals surface area contributed by atoms with Gasteiger partial charge >= 0.3 is 0 Å². The summed E-state index contributed by atoms with van der Waals surface area (Å²) in [6, 6.07) is 7.68. The molecule has 0 aliphatic carbocycles. The van der Waals surface area contributed by atoms with Crippen molar-refractivity contribution in [1.82, 2.24) is 14.8 Å². The maximum absolute atomic E-state index is 5.95. The fourth-order valence-electron chi connectivity index (χ4n) is 2.07. The lowest BCUT2D eigenvalue weighted by Crippen LogP contribution is -3.06. The van der Waals surface area contributed by atoms with E-state index in [0.29, 0.717) is 17.4 Å². The Hall–Kier alpha value is -1.54. The minimum Gasteiger partial charge on any atom is -0.409 e. The van der Waals surface area contributed by atoms with Crippen LogP contribution >= 0.6 is 35.2 Å². The number of hydrogen-bond donors (Lipinski definition) is 1. The van der Waals surface area contributed by atoms with Crippen molar-refractivity contribution >= 4 is 35.2 Å². The van der Waals surface area contributed by atoms with Gasteiger partial charge in [0.1, 0.15) is 6.54 Å². The molecule has 0 saturated heterocycles. The Kier molecular flexibility index (Phi) is 4.68. The van der Waals surface area contributed by atoms with E-state index >= 15 is 0 Å². The van der Waals surface area contributed by atoms with Crippen LogP contribution in [0.4, 0.5) is 0 Å². The molecule has 3 rings (SSSR count). The monoisotopic (exact) mass is 353 g/mol. The van der Waals surface area contributed by atoms with Crippen LogP contribution in [-0.2, 0) is 13.2 Å². The van der Waals surface area contributed by atoms with Crippen LogP contribution in [-0.4, -0.2) is 21.8 Å². The predicted molar refractivity (Wildman–Crippen MR) is 88.5 cm³/mol. The van der Waals surface area contributed by atoms with Crippen LogP contribution in [0, 0.1) is 4.84 Å². The van der Waals surface area contributed by atoms with Gasteiger partial charge in [-0.05, 0) is 36.5 Å². The van der Waals surface area contributed by atoms with E-state index in [1.165, 1.54) is 9.78 Å². The molecule has 3 aromatic rings. The Bertz CT molecular complexity index is 812. The third kappa shape index (κ3) is 3.61. The zero-order valence-corrected chi connectivity index (χ0v) is 14.2. The average molecular weight is 354 g/mol. The molecule has 0 aliphatic rings. The summed E-state index contributed by atoms with van der Waals surface area (Å²) in [6.07, 6.45) is 3.41. The molecule has 0 spiro atoms. The van der Waals surface area contributed by atoms with E-state index in [0.717, 1.165) is 16.4 Å². The minimum atomic E-state index is 0.363. The van der Waals surface area contributed by atoms with Crippen LogP contribution in [0.15, 0.2) is 41.1 Å². The van der Waals surface area contributed by atoms with Crippen LogP contribution in [0.25, 0.3) is 11.5 Å². The number of pyridine rings is 1. The molecule has 5 nitrogen and oxygen atoms in total. The largest absolute Gasteiger partial charge is 0.409 e.